The summed E-state index contributed by atoms with van der Waals surface area (Å²) in [7, 11) is 0. The largest absolute Gasteiger partial charge is 0.478 e. The Hall–Kier alpha value is -1.62. The van der Waals surface area contributed by atoms with Crippen LogP contribution in [0.15, 0.2) is 23.3 Å². The quantitative estimate of drug-likeness (QED) is 0.345. The summed E-state index contributed by atoms with van der Waals surface area (Å²) in [6.07, 6.45) is 4.37. The average Bonchev–Trinajstić information content (AvgIpc) is 2.21. The number of unbranched alkanes of at least 4 members (excludes halogenated alkanes) is 2. The fourth-order valence-corrected chi connectivity index (χ4v) is 1.02. The maximum absolute atomic E-state index is 10.8. The zero-order valence-electron chi connectivity index (χ0n) is 9.14. The number of hydrogen-bond donors (Lipinski definition) is 3. The molecule has 0 aliphatic heterocycles. The van der Waals surface area contributed by atoms with Crippen molar-refractivity contribution in [2.24, 2.45) is 0 Å². The van der Waals surface area contributed by atoms with Gasteiger partial charge < -0.3 is 15.3 Å². The molecule has 16 heavy (non-hydrogen) atoms. The molecule has 0 radical (unpaired) electrons. The zero-order valence-corrected chi connectivity index (χ0v) is 9.14. The molecule has 0 aliphatic rings. The van der Waals surface area contributed by atoms with Crippen LogP contribution >= 0.6 is 0 Å². The highest BCUT2D eigenvalue weighted by Gasteiger charge is 2.07. The summed E-state index contributed by atoms with van der Waals surface area (Å²) >= 11 is 0. The van der Waals surface area contributed by atoms with Gasteiger partial charge in [0.15, 0.2) is 0 Å². The number of hydrogen-bond acceptors (Lipinski definition) is 3. The van der Waals surface area contributed by atoms with Gasteiger partial charge in [-0.25, -0.2) is 9.59 Å². The maximum atomic E-state index is 10.8. The van der Waals surface area contributed by atoms with Crippen molar-refractivity contribution in [1.82, 2.24) is 0 Å². The van der Waals surface area contributed by atoms with E-state index in [0.717, 1.165) is 6.08 Å². The summed E-state index contributed by atoms with van der Waals surface area (Å²) in [5.74, 6) is -2.29. The molecule has 0 unspecified atom stereocenters. The third-order valence-corrected chi connectivity index (χ3v) is 1.93. The number of allylic oxidation sites excluding steroid dienone is 1. The Bertz CT molecular complexity index is 314. The lowest BCUT2D eigenvalue weighted by molar-refractivity contribution is -0.132. The number of carboxylic acids is 2. The number of aliphatic hydroxyl groups is 1. The Balaban J connectivity index is 4.56. The fraction of sp³-hybridized carbons (Fsp3) is 0.455. The molecule has 5 heteroatoms. The van der Waals surface area contributed by atoms with Crippen LogP contribution in [0.2, 0.25) is 0 Å². The van der Waals surface area contributed by atoms with E-state index in [1.807, 2.05) is 0 Å². The normalized spacial score (nSPS) is 12.6. The van der Waals surface area contributed by atoms with Crippen LogP contribution in [0, 0.1) is 0 Å². The highest BCUT2D eigenvalue weighted by molar-refractivity contribution is 5.94. The van der Waals surface area contributed by atoms with Gasteiger partial charge >= 0.3 is 11.9 Å². The first-order valence-electron chi connectivity index (χ1n) is 4.95. The smallest absolute Gasteiger partial charge is 0.335 e. The Morgan fingerprint density at radius 2 is 1.75 bits per heavy atom. The zero-order chi connectivity index (χ0) is 12.6. The van der Waals surface area contributed by atoms with Crippen LogP contribution in [0.4, 0.5) is 0 Å². The molecule has 0 atom stereocenters. The third-order valence-electron chi connectivity index (χ3n) is 1.93. The first-order chi connectivity index (χ1) is 7.49. The first-order valence-corrected chi connectivity index (χ1v) is 4.95. The first kappa shape index (κ1) is 14.4. The SMILES string of the molecule is CC(=CC(=CCCCCO)C(=O)O)C(=O)O. The molecule has 0 fully saturated rings. The van der Waals surface area contributed by atoms with Gasteiger partial charge in [0, 0.05) is 12.2 Å². The molecule has 3 N–H and O–H groups in total. The predicted molar refractivity (Wildman–Crippen MR) is 58.0 cm³/mol. The van der Waals surface area contributed by atoms with E-state index in [9.17, 15) is 9.59 Å². The van der Waals surface area contributed by atoms with Crippen molar-refractivity contribution < 1.29 is 24.9 Å². The van der Waals surface area contributed by atoms with Gasteiger partial charge in [0.2, 0.25) is 0 Å². The molecule has 0 bridgehead atoms. The lowest BCUT2D eigenvalue weighted by Crippen LogP contribution is -2.02. The highest BCUT2D eigenvalue weighted by Crippen LogP contribution is 2.07. The van der Waals surface area contributed by atoms with Crippen molar-refractivity contribution in [3.8, 4) is 0 Å². The monoisotopic (exact) mass is 228 g/mol. The van der Waals surface area contributed by atoms with E-state index >= 15 is 0 Å². The lowest BCUT2D eigenvalue weighted by atomic mass is 10.1. The number of carboxylic acid groups (broad SMARTS) is 2. The van der Waals surface area contributed by atoms with Gasteiger partial charge in [-0.1, -0.05) is 6.08 Å². The van der Waals surface area contributed by atoms with Crippen molar-refractivity contribution in [3.05, 3.63) is 23.3 Å². The molecule has 0 aromatic heterocycles. The second-order valence-corrected chi connectivity index (χ2v) is 3.32. The van der Waals surface area contributed by atoms with Crippen LogP contribution in [-0.2, 0) is 9.59 Å². The summed E-state index contributed by atoms with van der Waals surface area (Å²) in [4.78, 5) is 21.3. The number of rotatable bonds is 7. The molecule has 0 aromatic carbocycles. The van der Waals surface area contributed by atoms with Gasteiger partial charge in [-0.3, -0.25) is 0 Å². The van der Waals surface area contributed by atoms with Crippen LogP contribution in [0.25, 0.3) is 0 Å². The van der Waals surface area contributed by atoms with E-state index in [2.05, 4.69) is 0 Å². The molecule has 0 saturated heterocycles. The van der Waals surface area contributed by atoms with E-state index in [1.165, 1.54) is 13.0 Å². The van der Waals surface area contributed by atoms with Gasteiger partial charge in [0.1, 0.15) is 0 Å². The number of carbonyl (C=O) groups is 2. The minimum atomic E-state index is -1.15. The maximum Gasteiger partial charge on any atom is 0.335 e. The standard InChI is InChI=1S/C11H16O5/c1-8(10(13)14)7-9(11(15)16)5-3-2-4-6-12/h5,7,12H,2-4,6H2,1H3,(H,13,14)(H,15,16). The van der Waals surface area contributed by atoms with Crippen molar-refractivity contribution >= 4 is 11.9 Å². The molecule has 0 spiro atoms. The average molecular weight is 228 g/mol. The van der Waals surface area contributed by atoms with Crippen LogP contribution in [0.1, 0.15) is 26.2 Å². The van der Waals surface area contributed by atoms with Gasteiger partial charge in [-0.15, -0.1) is 0 Å². The van der Waals surface area contributed by atoms with Gasteiger partial charge in [0.05, 0.1) is 5.57 Å². The summed E-state index contributed by atoms with van der Waals surface area (Å²) in [6, 6.07) is 0. The second-order valence-electron chi connectivity index (χ2n) is 3.32. The fourth-order valence-electron chi connectivity index (χ4n) is 1.02. The topological polar surface area (TPSA) is 94.8 Å². The van der Waals surface area contributed by atoms with E-state index in [0.29, 0.717) is 19.3 Å². The van der Waals surface area contributed by atoms with E-state index in [4.69, 9.17) is 15.3 Å². The summed E-state index contributed by atoms with van der Waals surface area (Å²) in [5.41, 5.74) is -0.0475. The minimum Gasteiger partial charge on any atom is -0.478 e. The van der Waals surface area contributed by atoms with Crippen LogP contribution in [0.3, 0.4) is 0 Å². The Morgan fingerprint density at radius 1 is 1.12 bits per heavy atom. The van der Waals surface area contributed by atoms with E-state index in [-0.39, 0.29) is 17.8 Å². The van der Waals surface area contributed by atoms with Gasteiger partial charge in [-0.05, 0) is 32.3 Å². The molecule has 0 saturated carbocycles. The molecule has 5 nitrogen and oxygen atoms in total. The summed E-state index contributed by atoms with van der Waals surface area (Å²) in [6.45, 7) is 1.41. The van der Waals surface area contributed by atoms with E-state index in [1.54, 1.807) is 0 Å². The van der Waals surface area contributed by atoms with E-state index < -0.39 is 11.9 Å². The third kappa shape index (κ3) is 5.98. The van der Waals surface area contributed by atoms with Crippen LogP contribution in [0.5, 0.6) is 0 Å². The molecule has 0 aliphatic carbocycles. The predicted octanol–water partition coefficient (Wildman–Crippen LogP) is 1.19. The van der Waals surface area contributed by atoms with Gasteiger partial charge in [-0.2, -0.15) is 0 Å². The highest BCUT2D eigenvalue weighted by atomic mass is 16.4. The Morgan fingerprint density at radius 3 is 2.19 bits per heavy atom. The van der Waals surface area contributed by atoms with Crippen molar-refractivity contribution in [1.29, 1.82) is 0 Å². The van der Waals surface area contributed by atoms with Crippen molar-refractivity contribution in [2.75, 3.05) is 6.61 Å². The number of aliphatic hydroxyl groups excluding tert-OH is 1. The molecular formula is C11H16O5. The molecule has 0 aromatic rings. The van der Waals surface area contributed by atoms with Crippen LogP contribution < -0.4 is 0 Å². The lowest BCUT2D eigenvalue weighted by Gasteiger charge is -1.98. The van der Waals surface area contributed by atoms with Gasteiger partial charge in [0.25, 0.3) is 0 Å². The van der Waals surface area contributed by atoms with Crippen molar-refractivity contribution in [3.63, 3.8) is 0 Å². The summed E-state index contributed by atoms with van der Waals surface area (Å²) < 4.78 is 0. The summed E-state index contributed by atoms with van der Waals surface area (Å²) in [5, 5.41) is 25.9. The Labute approximate surface area is 93.7 Å². The Kier molecular flexibility index (Phi) is 6.87. The molecule has 90 valence electrons. The minimum absolute atomic E-state index is 0.0178. The molecule has 0 amide bonds. The number of aliphatic carboxylic acids is 2. The van der Waals surface area contributed by atoms with Crippen molar-refractivity contribution in [2.45, 2.75) is 26.2 Å². The molecule has 0 rings (SSSR count). The molecule has 0 heterocycles. The molecular weight excluding hydrogens is 212 g/mol. The second kappa shape index (κ2) is 7.64. The van der Waals surface area contributed by atoms with Crippen LogP contribution in [-0.4, -0.2) is 33.9 Å².